The Morgan fingerprint density at radius 2 is 1.92 bits per heavy atom. The van der Waals surface area contributed by atoms with Gasteiger partial charge in [0, 0.05) is 17.1 Å². The lowest BCUT2D eigenvalue weighted by Gasteiger charge is -2.05. The van der Waals surface area contributed by atoms with E-state index < -0.39 is 24.3 Å². The number of ether oxygens (including phenoxy) is 1. The third-order valence-corrected chi connectivity index (χ3v) is 3.46. The molecule has 0 saturated heterocycles. The Bertz CT molecular complexity index is 968. The largest absolute Gasteiger partial charge is 0.455 e. The highest BCUT2D eigenvalue weighted by molar-refractivity contribution is 5.92. The smallest absolute Gasteiger partial charge is 0.314 e. The van der Waals surface area contributed by atoms with Crippen LogP contribution in [0.2, 0.25) is 0 Å². The summed E-state index contributed by atoms with van der Waals surface area (Å²) in [4.78, 5) is 32.1. The highest BCUT2D eigenvalue weighted by Crippen LogP contribution is 2.08. The summed E-state index contributed by atoms with van der Waals surface area (Å²) in [6.07, 6.45) is -0.175. The maximum Gasteiger partial charge on any atom is 0.314 e. The molecule has 1 amide bonds. The Kier molecular flexibility index (Phi) is 4.87. The van der Waals surface area contributed by atoms with Gasteiger partial charge in [-0.3, -0.25) is 9.59 Å². The van der Waals surface area contributed by atoms with Crippen LogP contribution in [0, 0.1) is 19.7 Å². The van der Waals surface area contributed by atoms with Crippen molar-refractivity contribution in [1.29, 1.82) is 0 Å². The van der Waals surface area contributed by atoms with Gasteiger partial charge in [0.25, 0.3) is 11.7 Å². The summed E-state index contributed by atoms with van der Waals surface area (Å²) >= 11 is 0. The third-order valence-electron chi connectivity index (χ3n) is 3.46. The number of esters is 1. The van der Waals surface area contributed by atoms with E-state index >= 15 is 0 Å². The van der Waals surface area contributed by atoms with E-state index in [9.17, 15) is 14.0 Å². The Morgan fingerprint density at radius 1 is 1.19 bits per heavy atom. The van der Waals surface area contributed by atoms with E-state index in [1.165, 1.54) is 28.8 Å². The van der Waals surface area contributed by atoms with Crippen LogP contribution in [0.4, 0.5) is 10.1 Å². The van der Waals surface area contributed by atoms with Crippen molar-refractivity contribution < 1.29 is 18.7 Å². The van der Waals surface area contributed by atoms with Crippen LogP contribution in [-0.2, 0) is 20.7 Å². The van der Waals surface area contributed by atoms with Crippen molar-refractivity contribution in [3.63, 3.8) is 0 Å². The van der Waals surface area contributed by atoms with Gasteiger partial charge >= 0.3 is 5.97 Å². The average molecular weight is 357 g/mol. The minimum Gasteiger partial charge on any atom is -0.455 e. The van der Waals surface area contributed by atoms with Crippen LogP contribution >= 0.6 is 0 Å². The number of nitrogens with one attached hydrogen (secondary N) is 1. The predicted octanol–water partition coefficient (Wildman–Crippen LogP) is 1.60. The zero-order valence-corrected chi connectivity index (χ0v) is 14.2. The topological polar surface area (TPSA) is 98.5 Å². The summed E-state index contributed by atoms with van der Waals surface area (Å²) in [5, 5.41) is 6.70. The van der Waals surface area contributed by atoms with E-state index in [0.717, 1.165) is 11.4 Å². The maximum absolute atomic E-state index is 12.8. The summed E-state index contributed by atoms with van der Waals surface area (Å²) < 4.78 is 19.3. The number of benzene rings is 1. The highest BCUT2D eigenvalue weighted by Gasteiger charge is 2.14. The first-order chi connectivity index (χ1) is 12.4. The highest BCUT2D eigenvalue weighted by atomic mass is 19.1. The van der Waals surface area contributed by atoms with Crippen molar-refractivity contribution in [2.75, 3.05) is 11.9 Å². The molecule has 3 aromatic rings. The first-order valence-electron chi connectivity index (χ1n) is 7.81. The molecule has 0 fully saturated rings. The third kappa shape index (κ3) is 4.18. The van der Waals surface area contributed by atoms with Gasteiger partial charge in [0.05, 0.1) is 0 Å². The van der Waals surface area contributed by atoms with Gasteiger partial charge in [-0.1, -0.05) is 0 Å². The molecule has 0 atom stereocenters. The molecule has 8 nitrogen and oxygen atoms in total. The van der Waals surface area contributed by atoms with Crippen LogP contribution < -0.4 is 5.32 Å². The van der Waals surface area contributed by atoms with Gasteiger partial charge in [0.15, 0.2) is 12.4 Å². The van der Waals surface area contributed by atoms with Crippen molar-refractivity contribution in [2.45, 2.75) is 20.3 Å². The van der Waals surface area contributed by atoms with Gasteiger partial charge in [0.1, 0.15) is 12.2 Å². The number of carbonyl (C=O) groups is 2. The molecule has 0 aliphatic carbocycles. The molecule has 0 aliphatic rings. The van der Waals surface area contributed by atoms with E-state index in [0.29, 0.717) is 11.5 Å². The molecule has 3 rings (SSSR count). The lowest BCUT2D eigenvalue weighted by Crippen LogP contribution is -2.21. The molecule has 1 N–H and O–H groups in total. The number of halogens is 1. The van der Waals surface area contributed by atoms with Crippen LogP contribution in [0.5, 0.6) is 0 Å². The molecule has 0 aliphatic heterocycles. The molecule has 0 bridgehead atoms. The normalized spacial score (nSPS) is 10.7. The van der Waals surface area contributed by atoms with E-state index in [4.69, 9.17) is 4.74 Å². The zero-order valence-electron chi connectivity index (χ0n) is 14.2. The second-order valence-corrected chi connectivity index (χ2v) is 5.67. The van der Waals surface area contributed by atoms with E-state index in [1.807, 2.05) is 19.9 Å². The Labute approximate surface area is 148 Å². The van der Waals surface area contributed by atoms with E-state index in [2.05, 4.69) is 20.4 Å². The number of hydrogen-bond acceptors (Lipinski definition) is 6. The minimum atomic E-state index is -0.635. The number of aromatic nitrogens is 4. The second-order valence-electron chi connectivity index (χ2n) is 5.67. The predicted molar refractivity (Wildman–Crippen MR) is 89.9 cm³/mol. The standard InChI is InChI=1S/C17H16FN5O3/c1-10-7-11(2)23-17(19-10)21-14(22-23)8-16(25)26-9-15(24)20-13-5-3-12(18)4-6-13/h3-7H,8-9H2,1-2H3,(H,20,24). The fourth-order valence-electron chi connectivity index (χ4n) is 2.34. The molecule has 0 unspecified atom stereocenters. The molecular weight excluding hydrogens is 341 g/mol. The summed E-state index contributed by atoms with van der Waals surface area (Å²) in [6.45, 7) is 3.24. The number of aryl methyl sites for hydroxylation is 2. The molecule has 0 saturated carbocycles. The van der Waals surface area contributed by atoms with Gasteiger partial charge in [-0.2, -0.15) is 4.98 Å². The molecule has 2 aromatic heterocycles. The zero-order chi connectivity index (χ0) is 18.7. The lowest BCUT2D eigenvalue weighted by atomic mass is 10.3. The molecular formula is C17H16FN5O3. The van der Waals surface area contributed by atoms with Gasteiger partial charge in [0.2, 0.25) is 0 Å². The summed E-state index contributed by atoms with van der Waals surface area (Å²) in [6, 6.07) is 7.10. The molecule has 0 radical (unpaired) electrons. The number of amides is 1. The summed E-state index contributed by atoms with van der Waals surface area (Å²) in [5.41, 5.74) is 2.05. The molecule has 26 heavy (non-hydrogen) atoms. The average Bonchev–Trinajstić information content (AvgIpc) is 2.98. The fourth-order valence-corrected chi connectivity index (χ4v) is 2.34. The Morgan fingerprint density at radius 3 is 2.65 bits per heavy atom. The molecule has 0 spiro atoms. The van der Waals surface area contributed by atoms with Crippen LogP contribution in [0.15, 0.2) is 30.3 Å². The quantitative estimate of drug-likeness (QED) is 0.697. The van der Waals surface area contributed by atoms with E-state index in [-0.39, 0.29) is 12.2 Å². The number of hydrogen-bond donors (Lipinski definition) is 1. The van der Waals surface area contributed by atoms with Crippen LogP contribution in [0.25, 0.3) is 5.78 Å². The van der Waals surface area contributed by atoms with Crippen LogP contribution in [0.3, 0.4) is 0 Å². The Balaban J connectivity index is 1.54. The van der Waals surface area contributed by atoms with Crippen molar-refractivity contribution in [3.8, 4) is 0 Å². The maximum atomic E-state index is 12.8. The lowest BCUT2D eigenvalue weighted by molar-refractivity contribution is -0.146. The minimum absolute atomic E-state index is 0.175. The number of rotatable bonds is 5. The van der Waals surface area contributed by atoms with Crippen molar-refractivity contribution in [2.24, 2.45) is 0 Å². The first kappa shape index (κ1) is 17.5. The van der Waals surface area contributed by atoms with Gasteiger partial charge in [-0.25, -0.2) is 13.9 Å². The number of nitrogens with zero attached hydrogens (tertiary/aromatic N) is 4. The molecule has 9 heteroatoms. The van der Waals surface area contributed by atoms with Crippen molar-refractivity contribution >= 4 is 23.3 Å². The second kappa shape index (κ2) is 7.26. The number of carbonyl (C=O) groups excluding carboxylic acids is 2. The fraction of sp³-hybridized carbons (Fsp3) is 0.235. The summed E-state index contributed by atoms with van der Waals surface area (Å²) in [5.74, 6) is -0.908. The SMILES string of the molecule is Cc1cc(C)n2nc(CC(=O)OCC(=O)Nc3ccc(F)cc3)nc2n1. The van der Waals surface area contributed by atoms with Crippen molar-refractivity contribution in [1.82, 2.24) is 19.6 Å². The van der Waals surface area contributed by atoms with Crippen molar-refractivity contribution in [3.05, 3.63) is 53.4 Å². The van der Waals surface area contributed by atoms with E-state index in [1.54, 1.807) is 0 Å². The van der Waals surface area contributed by atoms with Crippen LogP contribution in [-0.4, -0.2) is 38.1 Å². The number of fused-ring (bicyclic) bond motifs is 1. The van der Waals surface area contributed by atoms with Crippen LogP contribution in [0.1, 0.15) is 17.2 Å². The van der Waals surface area contributed by atoms with Gasteiger partial charge < -0.3 is 10.1 Å². The van der Waals surface area contributed by atoms with Gasteiger partial charge in [-0.05, 0) is 44.2 Å². The molecule has 1 aromatic carbocycles. The first-order valence-corrected chi connectivity index (χ1v) is 7.81. The summed E-state index contributed by atoms with van der Waals surface area (Å²) in [7, 11) is 0. The Hall–Kier alpha value is -3.36. The number of anilines is 1. The molecule has 134 valence electrons. The monoisotopic (exact) mass is 357 g/mol. The molecule has 2 heterocycles. The van der Waals surface area contributed by atoms with Gasteiger partial charge in [-0.15, -0.1) is 5.10 Å².